The molecule has 0 aromatic heterocycles. The fourth-order valence-corrected chi connectivity index (χ4v) is 4.20. The van der Waals surface area contributed by atoms with Crippen molar-refractivity contribution in [2.75, 3.05) is 42.1 Å². The number of fused-ring (bicyclic) bond motifs is 1. The summed E-state index contributed by atoms with van der Waals surface area (Å²) in [6, 6.07) is 14.7. The van der Waals surface area contributed by atoms with E-state index in [0.717, 1.165) is 29.2 Å². The zero-order chi connectivity index (χ0) is 21.0. The molecule has 0 bridgehead atoms. The van der Waals surface area contributed by atoms with E-state index in [4.69, 9.17) is 16.3 Å². The summed E-state index contributed by atoms with van der Waals surface area (Å²) >= 11 is 5.98. The van der Waals surface area contributed by atoms with Crippen molar-refractivity contribution in [1.82, 2.24) is 5.32 Å². The highest BCUT2D eigenvalue weighted by Gasteiger charge is 2.35. The first-order chi connectivity index (χ1) is 13.8. The van der Waals surface area contributed by atoms with Crippen molar-refractivity contribution < 1.29 is 17.9 Å². The van der Waals surface area contributed by atoms with Crippen molar-refractivity contribution in [2.45, 2.75) is 12.5 Å². The van der Waals surface area contributed by atoms with Gasteiger partial charge in [0.2, 0.25) is 10.0 Å². The lowest BCUT2D eigenvalue weighted by atomic mass is 10.2. The first-order valence-corrected chi connectivity index (χ1v) is 11.5. The number of amides is 1. The number of para-hydroxylation sites is 1. The van der Waals surface area contributed by atoms with E-state index >= 15 is 0 Å². The summed E-state index contributed by atoms with van der Waals surface area (Å²) in [6.07, 6.45) is 0.911. The highest BCUT2D eigenvalue weighted by molar-refractivity contribution is 7.92. The van der Waals surface area contributed by atoms with E-state index in [1.165, 1.54) is 6.07 Å². The van der Waals surface area contributed by atoms with Crippen LogP contribution in [-0.4, -0.2) is 53.4 Å². The maximum atomic E-state index is 12.6. The average Bonchev–Trinajstić information content (AvgIpc) is 2.70. The molecule has 156 valence electrons. The van der Waals surface area contributed by atoms with E-state index in [1.54, 1.807) is 12.1 Å². The Hall–Kier alpha value is -2.45. The molecule has 1 unspecified atom stereocenters. The molecule has 2 aromatic carbocycles. The van der Waals surface area contributed by atoms with Gasteiger partial charge >= 0.3 is 0 Å². The van der Waals surface area contributed by atoms with Crippen molar-refractivity contribution >= 4 is 38.9 Å². The average molecular weight is 438 g/mol. The molecule has 1 N–H and O–H groups in total. The van der Waals surface area contributed by atoms with E-state index in [1.807, 2.05) is 37.4 Å². The lowest BCUT2D eigenvalue weighted by Crippen LogP contribution is -2.50. The number of ether oxygens (including phenoxy) is 1. The molecule has 1 heterocycles. The van der Waals surface area contributed by atoms with E-state index in [9.17, 15) is 13.2 Å². The third-order valence-electron chi connectivity index (χ3n) is 4.65. The number of carbonyl (C=O) groups is 1. The minimum Gasteiger partial charge on any atom is -0.476 e. The third-order valence-corrected chi connectivity index (χ3v) is 6.03. The molecule has 1 amide bonds. The van der Waals surface area contributed by atoms with Crippen LogP contribution in [0.25, 0.3) is 0 Å². The number of halogens is 1. The first-order valence-electron chi connectivity index (χ1n) is 9.23. The lowest BCUT2D eigenvalue weighted by molar-refractivity contribution is -0.127. The molecule has 0 saturated heterocycles. The molecule has 0 radical (unpaired) electrons. The van der Waals surface area contributed by atoms with Crippen molar-refractivity contribution in [2.24, 2.45) is 0 Å². The number of rotatable bonds is 7. The monoisotopic (exact) mass is 437 g/mol. The van der Waals surface area contributed by atoms with Crippen LogP contribution in [0.15, 0.2) is 48.5 Å². The Morgan fingerprint density at radius 2 is 2.00 bits per heavy atom. The molecular formula is C20H24ClN3O4S. The molecule has 9 heteroatoms. The third kappa shape index (κ3) is 5.33. The Balaban J connectivity index is 1.58. The summed E-state index contributed by atoms with van der Waals surface area (Å²) in [4.78, 5) is 14.7. The molecule has 7 nitrogen and oxygen atoms in total. The van der Waals surface area contributed by atoms with Crippen LogP contribution in [0.4, 0.5) is 11.4 Å². The minimum absolute atomic E-state index is 0.0953. The Morgan fingerprint density at radius 3 is 2.69 bits per heavy atom. The van der Waals surface area contributed by atoms with Crippen LogP contribution in [-0.2, 0) is 14.8 Å². The maximum Gasteiger partial charge on any atom is 0.263 e. The van der Waals surface area contributed by atoms with Gasteiger partial charge in [-0.1, -0.05) is 29.8 Å². The Labute approximate surface area is 176 Å². The van der Waals surface area contributed by atoms with Crippen LogP contribution >= 0.6 is 11.6 Å². The van der Waals surface area contributed by atoms with E-state index in [2.05, 4.69) is 10.2 Å². The van der Waals surface area contributed by atoms with Crippen LogP contribution < -0.4 is 19.3 Å². The maximum absolute atomic E-state index is 12.6. The van der Waals surface area contributed by atoms with Crippen LogP contribution in [0, 0.1) is 0 Å². The number of benzene rings is 2. The van der Waals surface area contributed by atoms with Gasteiger partial charge in [-0.3, -0.25) is 9.10 Å². The van der Waals surface area contributed by atoms with Crippen LogP contribution in [0.1, 0.15) is 6.42 Å². The Kier molecular flexibility index (Phi) is 6.54. The summed E-state index contributed by atoms with van der Waals surface area (Å²) in [6.45, 7) is 1.14. The van der Waals surface area contributed by atoms with Gasteiger partial charge in [0.15, 0.2) is 6.10 Å². The predicted molar refractivity (Wildman–Crippen MR) is 115 cm³/mol. The molecule has 0 saturated carbocycles. The van der Waals surface area contributed by atoms with Gasteiger partial charge in [0.1, 0.15) is 5.75 Å². The summed E-state index contributed by atoms with van der Waals surface area (Å²) in [7, 11) is -1.59. The SMILES string of the molecule is CN(CCCNC(=O)C1CN(S(C)(=O)=O)c2cc(Cl)ccc2O1)c1ccccc1. The zero-order valence-electron chi connectivity index (χ0n) is 16.3. The molecule has 1 atom stereocenters. The van der Waals surface area contributed by atoms with Crippen LogP contribution in [0.5, 0.6) is 5.75 Å². The smallest absolute Gasteiger partial charge is 0.263 e. The second-order valence-corrected chi connectivity index (χ2v) is 9.26. The predicted octanol–water partition coefficient (Wildman–Crippen LogP) is 2.51. The number of anilines is 2. The lowest BCUT2D eigenvalue weighted by Gasteiger charge is -2.34. The standard InChI is InChI=1S/C20H24ClN3O4S/c1-23(16-7-4-3-5-8-16)12-6-11-22-20(25)19-14-24(29(2,26)27)17-13-15(21)9-10-18(17)28-19/h3-5,7-10,13,19H,6,11-12,14H2,1-2H3,(H,22,25). The van der Waals surface area contributed by atoms with Crippen molar-refractivity contribution in [3.05, 3.63) is 53.6 Å². The fraction of sp³-hybridized carbons (Fsp3) is 0.350. The Bertz CT molecular complexity index is 969. The minimum atomic E-state index is -3.58. The molecule has 2 aromatic rings. The summed E-state index contributed by atoms with van der Waals surface area (Å²) in [5, 5.41) is 3.23. The van der Waals surface area contributed by atoms with Crippen LogP contribution in [0.3, 0.4) is 0 Å². The van der Waals surface area contributed by atoms with Crippen molar-refractivity contribution in [3.63, 3.8) is 0 Å². The molecule has 0 aliphatic carbocycles. The van der Waals surface area contributed by atoms with Gasteiger partial charge in [0.25, 0.3) is 5.91 Å². The first kappa shape index (κ1) is 21.3. The number of carbonyl (C=O) groups excluding carboxylic acids is 1. The quantitative estimate of drug-likeness (QED) is 0.673. The van der Waals surface area contributed by atoms with Gasteiger partial charge in [-0.25, -0.2) is 8.42 Å². The fourth-order valence-electron chi connectivity index (χ4n) is 3.13. The topological polar surface area (TPSA) is 79.0 Å². The molecular weight excluding hydrogens is 414 g/mol. The summed E-state index contributed by atoms with van der Waals surface area (Å²) in [5.41, 5.74) is 1.45. The van der Waals surface area contributed by atoms with E-state index in [-0.39, 0.29) is 12.5 Å². The van der Waals surface area contributed by atoms with Crippen molar-refractivity contribution in [1.29, 1.82) is 0 Å². The summed E-state index contributed by atoms with van der Waals surface area (Å²) in [5.74, 6) is -0.0309. The largest absolute Gasteiger partial charge is 0.476 e. The molecule has 0 fully saturated rings. The van der Waals surface area contributed by atoms with Gasteiger partial charge in [-0.05, 0) is 36.8 Å². The van der Waals surface area contributed by atoms with E-state index in [0.29, 0.717) is 23.0 Å². The number of hydrogen-bond donors (Lipinski definition) is 1. The second kappa shape index (κ2) is 8.92. The molecule has 29 heavy (non-hydrogen) atoms. The molecule has 3 rings (SSSR count). The number of nitrogens with one attached hydrogen (secondary N) is 1. The highest BCUT2D eigenvalue weighted by Crippen LogP contribution is 2.37. The highest BCUT2D eigenvalue weighted by atomic mass is 35.5. The summed E-state index contributed by atoms with van der Waals surface area (Å²) < 4.78 is 31.3. The normalized spacial score (nSPS) is 16.0. The Morgan fingerprint density at radius 1 is 1.28 bits per heavy atom. The van der Waals surface area contributed by atoms with Gasteiger partial charge in [0, 0.05) is 30.8 Å². The van der Waals surface area contributed by atoms with Gasteiger partial charge in [-0.15, -0.1) is 0 Å². The number of nitrogens with zero attached hydrogens (tertiary/aromatic N) is 2. The molecule has 1 aliphatic heterocycles. The van der Waals surface area contributed by atoms with Gasteiger partial charge in [-0.2, -0.15) is 0 Å². The number of hydrogen-bond acceptors (Lipinski definition) is 5. The van der Waals surface area contributed by atoms with Gasteiger partial charge in [0.05, 0.1) is 18.5 Å². The zero-order valence-corrected chi connectivity index (χ0v) is 17.9. The number of sulfonamides is 1. The van der Waals surface area contributed by atoms with E-state index < -0.39 is 16.1 Å². The molecule has 1 aliphatic rings. The second-order valence-electron chi connectivity index (χ2n) is 6.91. The molecule has 0 spiro atoms. The van der Waals surface area contributed by atoms with Crippen LogP contribution in [0.2, 0.25) is 5.02 Å². The van der Waals surface area contributed by atoms with Gasteiger partial charge < -0.3 is 15.0 Å². The van der Waals surface area contributed by atoms with Crippen molar-refractivity contribution in [3.8, 4) is 5.75 Å².